The number of hydrogen-bond acceptors (Lipinski definition) is 4. The van der Waals surface area contributed by atoms with Crippen LogP contribution in [0.2, 0.25) is 0 Å². The van der Waals surface area contributed by atoms with Gasteiger partial charge in [-0.1, -0.05) is 26.2 Å². The summed E-state index contributed by atoms with van der Waals surface area (Å²) in [5, 5.41) is 3.42. The van der Waals surface area contributed by atoms with Gasteiger partial charge in [-0.2, -0.15) is 0 Å². The lowest BCUT2D eigenvalue weighted by atomic mass is 9.97. The van der Waals surface area contributed by atoms with Crippen molar-refractivity contribution in [3.8, 4) is 0 Å². The summed E-state index contributed by atoms with van der Waals surface area (Å²) in [4.78, 5) is 15.5. The smallest absolute Gasteiger partial charge is 0.250 e. The minimum Gasteiger partial charge on any atom is -0.397 e. The van der Waals surface area contributed by atoms with E-state index in [1.54, 1.807) is 6.07 Å². The number of aromatic nitrogens is 1. The summed E-state index contributed by atoms with van der Waals surface area (Å²) < 4.78 is 0. The van der Waals surface area contributed by atoms with Crippen molar-refractivity contribution in [2.24, 2.45) is 11.7 Å². The van der Waals surface area contributed by atoms with Crippen LogP contribution in [0.5, 0.6) is 0 Å². The molecule has 2 rings (SSSR count). The number of pyridine rings is 1. The van der Waals surface area contributed by atoms with E-state index in [9.17, 15) is 4.79 Å². The number of anilines is 2. The fourth-order valence-electron chi connectivity index (χ4n) is 2.66. The summed E-state index contributed by atoms with van der Waals surface area (Å²) in [5.41, 5.74) is 11.6. The molecular weight excluding hydrogens is 240 g/mol. The van der Waals surface area contributed by atoms with Crippen LogP contribution in [0, 0.1) is 5.92 Å². The van der Waals surface area contributed by atoms with Gasteiger partial charge in [0.2, 0.25) is 0 Å². The largest absolute Gasteiger partial charge is 0.397 e. The van der Waals surface area contributed by atoms with Crippen LogP contribution in [-0.4, -0.2) is 16.9 Å². The number of nitrogens with one attached hydrogen (secondary N) is 1. The van der Waals surface area contributed by atoms with E-state index in [0.29, 0.717) is 29.0 Å². The third kappa shape index (κ3) is 3.36. The standard InChI is InChI=1S/C14H22N4O/c1-9-5-3-2-4-6-12(9)18-13-7-10(14(16)19)11(15)8-17-13/h7-9,12H,2-6,15H2,1H3,(H2,16,19)(H,17,18). The maximum Gasteiger partial charge on any atom is 0.250 e. The predicted molar refractivity (Wildman–Crippen MR) is 76.8 cm³/mol. The molecule has 1 aliphatic rings. The molecule has 1 aromatic rings. The summed E-state index contributed by atoms with van der Waals surface area (Å²) >= 11 is 0. The van der Waals surface area contributed by atoms with Gasteiger partial charge in [0.25, 0.3) is 5.91 Å². The molecule has 1 heterocycles. The topological polar surface area (TPSA) is 94.0 Å². The number of nitrogens with zero attached hydrogens (tertiary/aromatic N) is 1. The molecule has 1 amide bonds. The van der Waals surface area contributed by atoms with E-state index in [4.69, 9.17) is 11.5 Å². The van der Waals surface area contributed by atoms with Crippen molar-refractivity contribution in [2.45, 2.75) is 45.1 Å². The molecule has 2 unspecified atom stereocenters. The Hall–Kier alpha value is -1.78. The number of carbonyl (C=O) groups is 1. The Balaban J connectivity index is 2.13. The first-order valence-corrected chi connectivity index (χ1v) is 6.90. The number of carbonyl (C=O) groups excluding carboxylic acids is 1. The second-order valence-electron chi connectivity index (χ2n) is 5.39. The minimum atomic E-state index is -0.517. The first-order chi connectivity index (χ1) is 9.08. The lowest BCUT2D eigenvalue weighted by molar-refractivity contribution is 0.100. The first kappa shape index (κ1) is 13.6. The predicted octanol–water partition coefficient (Wildman–Crippen LogP) is 2.14. The molecule has 0 aromatic carbocycles. The Morgan fingerprint density at radius 1 is 1.37 bits per heavy atom. The molecule has 1 aromatic heterocycles. The van der Waals surface area contributed by atoms with E-state index >= 15 is 0 Å². The van der Waals surface area contributed by atoms with Gasteiger partial charge in [-0.05, 0) is 24.8 Å². The zero-order valence-electron chi connectivity index (χ0n) is 11.4. The highest BCUT2D eigenvalue weighted by Crippen LogP contribution is 2.26. The van der Waals surface area contributed by atoms with Crippen LogP contribution in [-0.2, 0) is 0 Å². The normalized spacial score (nSPS) is 23.6. The Bertz CT molecular complexity index is 461. The van der Waals surface area contributed by atoms with E-state index in [2.05, 4.69) is 17.2 Å². The van der Waals surface area contributed by atoms with Crippen molar-refractivity contribution >= 4 is 17.4 Å². The molecule has 0 spiro atoms. The number of amides is 1. The highest BCUT2D eigenvalue weighted by molar-refractivity contribution is 5.98. The SMILES string of the molecule is CC1CCCCCC1Nc1cc(C(N)=O)c(N)cn1. The van der Waals surface area contributed by atoms with Gasteiger partial charge in [0.15, 0.2) is 0 Å². The zero-order chi connectivity index (χ0) is 13.8. The summed E-state index contributed by atoms with van der Waals surface area (Å²) in [7, 11) is 0. The fraction of sp³-hybridized carbons (Fsp3) is 0.571. The molecule has 1 fully saturated rings. The van der Waals surface area contributed by atoms with Crippen LogP contribution in [0.15, 0.2) is 12.3 Å². The average molecular weight is 262 g/mol. The van der Waals surface area contributed by atoms with E-state index in [-0.39, 0.29) is 0 Å². The van der Waals surface area contributed by atoms with Gasteiger partial charge in [-0.15, -0.1) is 0 Å². The highest BCUT2D eigenvalue weighted by Gasteiger charge is 2.20. The van der Waals surface area contributed by atoms with Crippen LogP contribution in [0.4, 0.5) is 11.5 Å². The third-order valence-corrected chi connectivity index (χ3v) is 3.89. The third-order valence-electron chi connectivity index (χ3n) is 3.89. The molecular formula is C14H22N4O. The van der Waals surface area contributed by atoms with Gasteiger partial charge in [0.1, 0.15) is 5.82 Å². The van der Waals surface area contributed by atoms with Crippen LogP contribution >= 0.6 is 0 Å². The van der Waals surface area contributed by atoms with Crippen LogP contribution in [0.3, 0.4) is 0 Å². The number of nitrogens with two attached hydrogens (primary N) is 2. The number of rotatable bonds is 3. The number of hydrogen-bond donors (Lipinski definition) is 3. The second-order valence-corrected chi connectivity index (χ2v) is 5.39. The summed E-state index contributed by atoms with van der Waals surface area (Å²) in [5.74, 6) is 0.775. The average Bonchev–Trinajstić information content (AvgIpc) is 2.57. The van der Waals surface area contributed by atoms with Crippen LogP contribution in [0.25, 0.3) is 0 Å². The lowest BCUT2D eigenvalue weighted by Crippen LogP contribution is -2.27. The molecule has 0 radical (unpaired) electrons. The van der Waals surface area contributed by atoms with Gasteiger partial charge in [0, 0.05) is 6.04 Å². The molecule has 1 saturated carbocycles. The Labute approximate surface area is 113 Å². The van der Waals surface area contributed by atoms with E-state index in [1.165, 1.54) is 31.9 Å². The molecule has 1 aliphatic carbocycles. The summed E-state index contributed by atoms with van der Waals surface area (Å²) in [6.07, 6.45) is 7.68. The van der Waals surface area contributed by atoms with Gasteiger partial charge in [-0.25, -0.2) is 4.98 Å². The van der Waals surface area contributed by atoms with E-state index in [1.807, 2.05) is 0 Å². The maximum atomic E-state index is 11.3. The summed E-state index contributed by atoms with van der Waals surface area (Å²) in [6, 6.07) is 2.05. The van der Waals surface area contributed by atoms with Gasteiger partial charge in [0.05, 0.1) is 17.4 Å². The molecule has 5 heteroatoms. The molecule has 5 nitrogen and oxygen atoms in total. The second kappa shape index (κ2) is 5.91. The maximum absolute atomic E-state index is 11.3. The Morgan fingerprint density at radius 2 is 2.11 bits per heavy atom. The lowest BCUT2D eigenvalue weighted by Gasteiger charge is -2.23. The van der Waals surface area contributed by atoms with Crippen molar-refractivity contribution < 1.29 is 4.79 Å². The molecule has 19 heavy (non-hydrogen) atoms. The van der Waals surface area contributed by atoms with Gasteiger partial charge >= 0.3 is 0 Å². The monoisotopic (exact) mass is 262 g/mol. The van der Waals surface area contributed by atoms with Crippen molar-refractivity contribution in [1.29, 1.82) is 0 Å². The van der Waals surface area contributed by atoms with Crippen molar-refractivity contribution in [3.63, 3.8) is 0 Å². The minimum absolute atomic E-state index is 0.326. The number of primary amides is 1. The van der Waals surface area contributed by atoms with Crippen molar-refractivity contribution in [1.82, 2.24) is 4.98 Å². The quantitative estimate of drug-likeness (QED) is 0.727. The van der Waals surface area contributed by atoms with Gasteiger partial charge < -0.3 is 16.8 Å². The van der Waals surface area contributed by atoms with Crippen LogP contribution < -0.4 is 16.8 Å². The molecule has 104 valence electrons. The van der Waals surface area contributed by atoms with Crippen molar-refractivity contribution in [3.05, 3.63) is 17.8 Å². The molecule has 2 atom stereocenters. The molecule has 0 saturated heterocycles. The number of nitrogen functional groups attached to an aromatic ring is 1. The zero-order valence-corrected chi connectivity index (χ0v) is 11.4. The summed E-state index contributed by atoms with van der Waals surface area (Å²) in [6.45, 7) is 2.26. The van der Waals surface area contributed by atoms with Crippen LogP contribution in [0.1, 0.15) is 49.4 Å². The van der Waals surface area contributed by atoms with Gasteiger partial charge in [-0.3, -0.25) is 4.79 Å². The Morgan fingerprint density at radius 3 is 2.84 bits per heavy atom. The van der Waals surface area contributed by atoms with E-state index < -0.39 is 5.91 Å². The molecule has 5 N–H and O–H groups in total. The Kier molecular flexibility index (Phi) is 4.24. The first-order valence-electron chi connectivity index (χ1n) is 6.90. The van der Waals surface area contributed by atoms with E-state index in [0.717, 1.165) is 6.42 Å². The highest BCUT2D eigenvalue weighted by atomic mass is 16.1. The van der Waals surface area contributed by atoms with Crippen molar-refractivity contribution in [2.75, 3.05) is 11.1 Å². The molecule has 0 bridgehead atoms. The molecule has 0 aliphatic heterocycles. The fourth-order valence-corrected chi connectivity index (χ4v) is 2.66.